The molecule has 0 aliphatic rings. The molecule has 0 fully saturated rings. The molecular formula is C38H24Br2O2. The van der Waals surface area contributed by atoms with E-state index in [1.807, 2.05) is 78.9 Å². The fourth-order valence-corrected chi connectivity index (χ4v) is 6.53. The van der Waals surface area contributed by atoms with E-state index >= 15 is 0 Å². The summed E-state index contributed by atoms with van der Waals surface area (Å²) in [5, 5.41) is 27.1. The van der Waals surface area contributed by atoms with Crippen molar-refractivity contribution in [2.45, 2.75) is 0 Å². The van der Waals surface area contributed by atoms with Crippen LogP contribution in [0.5, 0.6) is 11.5 Å². The van der Waals surface area contributed by atoms with Crippen molar-refractivity contribution in [1.82, 2.24) is 0 Å². The lowest BCUT2D eigenvalue weighted by Gasteiger charge is -2.19. The van der Waals surface area contributed by atoms with E-state index in [9.17, 15) is 10.2 Å². The van der Waals surface area contributed by atoms with Crippen molar-refractivity contribution in [2.24, 2.45) is 0 Å². The largest absolute Gasteiger partial charge is 0.507 e. The van der Waals surface area contributed by atoms with Crippen molar-refractivity contribution in [3.05, 3.63) is 142 Å². The molecule has 4 heteroatoms. The van der Waals surface area contributed by atoms with Gasteiger partial charge in [0.2, 0.25) is 0 Å². The molecule has 202 valence electrons. The number of phenols is 2. The Balaban J connectivity index is 1.57. The van der Waals surface area contributed by atoms with Crippen molar-refractivity contribution < 1.29 is 10.2 Å². The maximum absolute atomic E-state index is 12.2. The number of phenolic OH excluding ortho intramolecular Hbond substituents is 2. The summed E-state index contributed by atoms with van der Waals surface area (Å²) in [6.45, 7) is 0. The molecule has 0 saturated heterocycles. The van der Waals surface area contributed by atoms with Gasteiger partial charge >= 0.3 is 0 Å². The highest BCUT2D eigenvalue weighted by Crippen LogP contribution is 2.50. The fourth-order valence-electron chi connectivity index (χ4n) is 5.77. The van der Waals surface area contributed by atoms with Crippen molar-refractivity contribution in [3.8, 4) is 56.0 Å². The Morgan fingerprint density at radius 1 is 0.405 bits per heavy atom. The van der Waals surface area contributed by atoms with E-state index in [0.717, 1.165) is 58.3 Å². The molecule has 7 aromatic carbocycles. The van der Waals surface area contributed by atoms with E-state index in [1.54, 1.807) is 6.07 Å². The van der Waals surface area contributed by atoms with Crippen LogP contribution in [0.25, 0.3) is 66.1 Å². The number of hydrogen-bond donors (Lipinski definition) is 2. The standard InChI is InChI=1S/C38H24Br2O2/c39-30-12-14-32-25(20-30)11-16-35(41)36(32)37-33-15-13-31(40)21-29(33)22-34(38(37)42)28-18-26(23-7-3-1-4-8-23)17-27(19-28)24-9-5-2-6-10-24/h1-22,41-42H. The number of hydrogen-bond acceptors (Lipinski definition) is 2. The predicted octanol–water partition coefficient (Wildman–Crippen LogP) is 11.6. The molecule has 0 unspecified atom stereocenters. The van der Waals surface area contributed by atoms with Crippen LogP contribution in [0.3, 0.4) is 0 Å². The summed E-state index contributed by atoms with van der Waals surface area (Å²) < 4.78 is 1.89. The topological polar surface area (TPSA) is 40.5 Å². The molecule has 0 aliphatic heterocycles. The zero-order chi connectivity index (χ0) is 28.8. The van der Waals surface area contributed by atoms with Crippen molar-refractivity contribution in [2.75, 3.05) is 0 Å². The normalized spacial score (nSPS) is 11.3. The van der Waals surface area contributed by atoms with Gasteiger partial charge in [0.15, 0.2) is 0 Å². The zero-order valence-electron chi connectivity index (χ0n) is 22.4. The van der Waals surface area contributed by atoms with Crippen molar-refractivity contribution in [1.29, 1.82) is 0 Å². The summed E-state index contributed by atoms with van der Waals surface area (Å²) in [5.74, 6) is 0.240. The first kappa shape index (κ1) is 26.5. The minimum absolute atomic E-state index is 0.115. The smallest absolute Gasteiger partial charge is 0.132 e. The summed E-state index contributed by atoms with van der Waals surface area (Å²) in [6.07, 6.45) is 0. The summed E-state index contributed by atoms with van der Waals surface area (Å²) in [7, 11) is 0. The number of halogens is 2. The second-order valence-electron chi connectivity index (χ2n) is 10.4. The molecule has 0 amide bonds. The first-order valence-corrected chi connectivity index (χ1v) is 15.2. The molecule has 0 atom stereocenters. The molecule has 7 rings (SSSR count). The minimum atomic E-state index is 0.115. The third-order valence-electron chi connectivity index (χ3n) is 7.74. The molecule has 2 nitrogen and oxygen atoms in total. The molecule has 0 aromatic heterocycles. The average Bonchev–Trinajstić information content (AvgIpc) is 3.02. The molecule has 0 radical (unpaired) electrons. The van der Waals surface area contributed by atoms with Gasteiger partial charge in [-0.1, -0.05) is 111 Å². The molecule has 0 bridgehead atoms. The van der Waals surface area contributed by atoms with Crippen molar-refractivity contribution >= 4 is 53.4 Å². The SMILES string of the molecule is Oc1ccc2cc(Br)ccc2c1-c1c(O)c(-c2cc(-c3ccccc3)cc(-c3ccccc3)c2)cc2cc(Br)ccc12. The Kier molecular flexibility index (Phi) is 6.81. The van der Waals surface area contributed by atoms with Gasteiger partial charge in [-0.3, -0.25) is 0 Å². The maximum atomic E-state index is 12.2. The third-order valence-corrected chi connectivity index (χ3v) is 8.73. The number of fused-ring (bicyclic) bond motifs is 2. The van der Waals surface area contributed by atoms with Gasteiger partial charge in [-0.05, 0) is 104 Å². The van der Waals surface area contributed by atoms with Crippen LogP contribution in [0.1, 0.15) is 0 Å². The van der Waals surface area contributed by atoms with Crippen LogP contribution in [0, 0.1) is 0 Å². The van der Waals surface area contributed by atoms with Gasteiger partial charge in [0, 0.05) is 25.6 Å². The Bertz CT molecular complexity index is 2060. The van der Waals surface area contributed by atoms with Crippen LogP contribution >= 0.6 is 31.9 Å². The first-order chi connectivity index (χ1) is 20.5. The van der Waals surface area contributed by atoms with Crippen LogP contribution < -0.4 is 0 Å². The van der Waals surface area contributed by atoms with E-state index in [4.69, 9.17) is 0 Å². The Morgan fingerprint density at radius 2 is 0.929 bits per heavy atom. The molecule has 7 aromatic rings. The van der Waals surface area contributed by atoms with E-state index in [1.165, 1.54) is 0 Å². The van der Waals surface area contributed by atoms with Crippen LogP contribution in [0.4, 0.5) is 0 Å². The second-order valence-corrected chi connectivity index (χ2v) is 12.2. The van der Waals surface area contributed by atoms with Crippen LogP contribution in [0.15, 0.2) is 142 Å². The molecule has 0 aliphatic carbocycles. The second kappa shape index (κ2) is 10.8. The van der Waals surface area contributed by atoms with Gasteiger partial charge < -0.3 is 10.2 Å². The Morgan fingerprint density at radius 3 is 1.52 bits per heavy atom. The quantitative estimate of drug-likeness (QED) is 0.195. The monoisotopic (exact) mass is 670 g/mol. The third kappa shape index (κ3) is 4.77. The highest BCUT2D eigenvalue weighted by Gasteiger charge is 2.21. The first-order valence-electron chi connectivity index (χ1n) is 13.6. The minimum Gasteiger partial charge on any atom is -0.507 e. The van der Waals surface area contributed by atoms with Gasteiger partial charge in [0.05, 0.1) is 0 Å². The lowest BCUT2D eigenvalue weighted by Crippen LogP contribution is -1.92. The average molecular weight is 672 g/mol. The molecular weight excluding hydrogens is 648 g/mol. The van der Waals surface area contributed by atoms with Gasteiger partial charge in [0.1, 0.15) is 11.5 Å². The summed E-state index contributed by atoms with van der Waals surface area (Å²) in [4.78, 5) is 0. The van der Waals surface area contributed by atoms with Crippen LogP contribution in [0.2, 0.25) is 0 Å². The fraction of sp³-hybridized carbons (Fsp3) is 0. The number of rotatable bonds is 4. The van der Waals surface area contributed by atoms with E-state index in [-0.39, 0.29) is 11.5 Å². The van der Waals surface area contributed by atoms with E-state index < -0.39 is 0 Å². The molecule has 2 N–H and O–H groups in total. The highest BCUT2D eigenvalue weighted by molar-refractivity contribution is 9.10. The molecule has 42 heavy (non-hydrogen) atoms. The number of aromatic hydroxyl groups is 2. The zero-order valence-corrected chi connectivity index (χ0v) is 25.5. The summed E-state index contributed by atoms with van der Waals surface area (Å²) >= 11 is 7.21. The predicted molar refractivity (Wildman–Crippen MR) is 182 cm³/mol. The summed E-state index contributed by atoms with van der Waals surface area (Å²) in [5.41, 5.74) is 7.09. The van der Waals surface area contributed by atoms with Gasteiger partial charge in [-0.15, -0.1) is 0 Å². The van der Waals surface area contributed by atoms with Gasteiger partial charge in [-0.2, -0.15) is 0 Å². The summed E-state index contributed by atoms with van der Waals surface area (Å²) in [6, 6.07) is 44.6. The molecule has 0 heterocycles. The molecule has 0 saturated carbocycles. The van der Waals surface area contributed by atoms with Crippen LogP contribution in [-0.4, -0.2) is 10.2 Å². The molecule has 0 spiro atoms. The number of benzene rings is 7. The van der Waals surface area contributed by atoms with Crippen molar-refractivity contribution in [3.63, 3.8) is 0 Å². The Labute approximate surface area is 260 Å². The van der Waals surface area contributed by atoms with E-state index in [0.29, 0.717) is 16.7 Å². The lowest BCUT2D eigenvalue weighted by molar-refractivity contribution is 0.471. The van der Waals surface area contributed by atoms with Gasteiger partial charge in [0.25, 0.3) is 0 Å². The van der Waals surface area contributed by atoms with E-state index in [2.05, 4.69) is 80.4 Å². The van der Waals surface area contributed by atoms with Gasteiger partial charge in [-0.25, -0.2) is 0 Å². The maximum Gasteiger partial charge on any atom is 0.132 e. The Hall–Kier alpha value is -4.38. The lowest BCUT2D eigenvalue weighted by atomic mass is 9.87. The highest BCUT2D eigenvalue weighted by atomic mass is 79.9. The van der Waals surface area contributed by atoms with Crippen LogP contribution in [-0.2, 0) is 0 Å².